The van der Waals surface area contributed by atoms with Gasteiger partial charge >= 0.3 is 0 Å². The molecule has 130 valence electrons. The predicted molar refractivity (Wildman–Crippen MR) is 92.9 cm³/mol. The number of allylic oxidation sites excluding steroid dienone is 2. The first-order valence-corrected chi connectivity index (χ1v) is 9.95. The zero-order chi connectivity index (χ0) is 16.4. The lowest BCUT2D eigenvalue weighted by Crippen LogP contribution is -2.58. The number of hydrogen-bond acceptors (Lipinski definition) is 2. The Labute approximate surface area is 141 Å². The molecule has 3 fully saturated rings. The Hall–Kier alpha value is -0.340. The van der Waals surface area contributed by atoms with Gasteiger partial charge in [-0.25, -0.2) is 0 Å². The van der Waals surface area contributed by atoms with Gasteiger partial charge in [-0.15, -0.1) is 0 Å². The van der Waals surface area contributed by atoms with Crippen molar-refractivity contribution in [3.05, 3.63) is 11.6 Å². The van der Waals surface area contributed by atoms with Crippen molar-refractivity contribution in [2.24, 2.45) is 34.5 Å². The van der Waals surface area contributed by atoms with Crippen molar-refractivity contribution in [3.8, 4) is 0 Å². The molecule has 0 amide bonds. The van der Waals surface area contributed by atoms with E-state index < -0.39 is 0 Å². The fourth-order valence-electron chi connectivity index (χ4n) is 7.48. The van der Waals surface area contributed by atoms with Crippen LogP contribution in [-0.2, 0) is 0 Å². The van der Waals surface area contributed by atoms with Gasteiger partial charge in [0.25, 0.3) is 0 Å². The van der Waals surface area contributed by atoms with Crippen LogP contribution in [0.15, 0.2) is 11.6 Å². The van der Waals surface area contributed by atoms with Gasteiger partial charge in [0, 0.05) is 0 Å². The molecule has 0 saturated heterocycles. The van der Waals surface area contributed by atoms with E-state index >= 15 is 0 Å². The van der Waals surface area contributed by atoms with E-state index in [4.69, 9.17) is 0 Å². The van der Waals surface area contributed by atoms with Crippen molar-refractivity contribution in [3.63, 3.8) is 0 Å². The average Bonchev–Trinajstić information content (AvgIpc) is 2.86. The Bertz CT molecular complexity index is 512. The van der Waals surface area contributed by atoms with Crippen LogP contribution in [0.5, 0.6) is 0 Å². The van der Waals surface area contributed by atoms with Gasteiger partial charge in [0.05, 0.1) is 12.2 Å². The second-order valence-corrected chi connectivity index (χ2v) is 9.50. The van der Waals surface area contributed by atoms with Crippen LogP contribution in [-0.4, -0.2) is 22.4 Å². The molecular formula is C21H34O2. The smallest absolute Gasteiger partial charge is 0.0577 e. The topological polar surface area (TPSA) is 40.5 Å². The lowest BCUT2D eigenvalue weighted by atomic mass is 9.44. The number of hydrogen-bond donors (Lipinski definition) is 2. The van der Waals surface area contributed by atoms with Gasteiger partial charge in [0.15, 0.2) is 0 Å². The highest BCUT2D eigenvalue weighted by Gasteiger charge is 2.60. The van der Waals surface area contributed by atoms with Crippen LogP contribution in [0.1, 0.15) is 72.1 Å². The summed E-state index contributed by atoms with van der Waals surface area (Å²) in [5.74, 6) is 2.50. The zero-order valence-electron chi connectivity index (χ0n) is 15.1. The number of fused-ring (bicyclic) bond motifs is 5. The number of aliphatic hydroxyl groups is 2. The molecule has 2 nitrogen and oxygen atoms in total. The third-order valence-corrected chi connectivity index (χ3v) is 8.77. The highest BCUT2D eigenvalue weighted by molar-refractivity contribution is 5.25. The summed E-state index contributed by atoms with van der Waals surface area (Å²) in [6, 6.07) is 0. The van der Waals surface area contributed by atoms with Gasteiger partial charge in [0.2, 0.25) is 0 Å². The maximum absolute atomic E-state index is 10.9. The standard InChI is InChI=1S/C21H34O2/c1-4-13-5-6-16-15-12-19(23)18-11-14(22)7-9-21(18,3)17(15)8-10-20(13,16)2/h5,14-19,22-23H,4,6-12H2,1-3H3/t14-,15-,16-,17-,18?,19-,20+,21+/m0/s1. The van der Waals surface area contributed by atoms with Crippen LogP contribution >= 0.6 is 0 Å². The van der Waals surface area contributed by atoms with Crippen molar-refractivity contribution < 1.29 is 10.2 Å². The molecule has 0 aliphatic heterocycles. The average molecular weight is 319 g/mol. The Morgan fingerprint density at radius 2 is 1.83 bits per heavy atom. The molecular weight excluding hydrogens is 284 g/mol. The molecule has 3 saturated carbocycles. The molecule has 0 aromatic carbocycles. The molecule has 1 unspecified atom stereocenters. The minimum Gasteiger partial charge on any atom is -0.393 e. The van der Waals surface area contributed by atoms with Gasteiger partial charge in [-0.05, 0) is 85.9 Å². The molecule has 0 bridgehead atoms. The lowest BCUT2D eigenvalue weighted by molar-refractivity contribution is -0.165. The van der Waals surface area contributed by atoms with E-state index in [1.165, 1.54) is 25.7 Å². The molecule has 2 heteroatoms. The van der Waals surface area contributed by atoms with E-state index in [-0.39, 0.29) is 17.6 Å². The van der Waals surface area contributed by atoms with Crippen molar-refractivity contribution in [1.29, 1.82) is 0 Å². The molecule has 2 N–H and O–H groups in total. The summed E-state index contributed by atoms with van der Waals surface area (Å²) in [5, 5.41) is 21.0. The van der Waals surface area contributed by atoms with E-state index in [0.29, 0.717) is 17.3 Å². The minimum absolute atomic E-state index is 0.187. The van der Waals surface area contributed by atoms with Gasteiger partial charge < -0.3 is 10.2 Å². The quantitative estimate of drug-likeness (QED) is 0.707. The van der Waals surface area contributed by atoms with Crippen LogP contribution in [0.4, 0.5) is 0 Å². The predicted octanol–water partition coefficient (Wildman–Crippen LogP) is 4.31. The fraction of sp³-hybridized carbons (Fsp3) is 0.905. The molecule has 4 rings (SSSR count). The van der Waals surface area contributed by atoms with E-state index in [9.17, 15) is 10.2 Å². The zero-order valence-corrected chi connectivity index (χ0v) is 15.1. The van der Waals surface area contributed by atoms with Crippen molar-refractivity contribution in [2.75, 3.05) is 0 Å². The summed E-state index contributed by atoms with van der Waals surface area (Å²) in [6.07, 6.45) is 11.1. The van der Waals surface area contributed by atoms with Gasteiger partial charge in [0.1, 0.15) is 0 Å². The molecule has 0 radical (unpaired) electrons. The minimum atomic E-state index is -0.204. The second kappa shape index (κ2) is 5.33. The van der Waals surface area contributed by atoms with Gasteiger partial charge in [-0.2, -0.15) is 0 Å². The lowest BCUT2D eigenvalue weighted by Gasteiger charge is -2.62. The van der Waals surface area contributed by atoms with Crippen molar-refractivity contribution in [1.82, 2.24) is 0 Å². The van der Waals surface area contributed by atoms with E-state index in [0.717, 1.165) is 37.5 Å². The molecule has 4 aliphatic carbocycles. The molecule has 0 aromatic rings. The summed E-state index contributed by atoms with van der Waals surface area (Å²) in [7, 11) is 0. The molecule has 0 aromatic heterocycles. The second-order valence-electron chi connectivity index (χ2n) is 9.50. The van der Waals surface area contributed by atoms with Crippen molar-refractivity contribution in [2.45, 2.75) is 84.3 Å². The molecule has 4 aliphatic rings. The SMILES string of the molecule is CCC1=CC[C@H]2[C@@H]3C[C@H](O)C4C[C@@H](O)CC[C@]4(C)[C@H]3CC[C@]12C. The molecule has 0 spiro atoms. The third-order valence-electron chi connectivity index (χ3n) is 8.77. The number of aliphatic hydroxyl groups excluding tert-OH is 2. The van der Waals surface area contributed by atoms with Crippen LogP contribution < -0.4 is 0 Å². The van der Waals surface area contributed by atoms with Crippen LogP contribution in [0.3, 0.4) is 0 Å². The van der Waals surface area contributed by atoms with Crippen molar-refractivity contribution >= 4 is 0 Å². The first-order valence-electron chi connectivity index (χ1n) is 9.95. The van der Waals surface area contributed by atoms with E-state index in [2.05, 4.69) is 26.8 Å². The maximum atomic E-state index is 10.9. The van der Waals surface area contributed by atoms with E-state index in [1.54, 1.807) is 5.57 Å². The summed E-state index contributed by atoms with van der Waals surface area (Å²) in [5.41, 5.74) is 2.33. The third kappa shape index (κ3) is 2.13. The fourth-order valence-corrected chi connectivity index (χ4v) is 7.48. The van der Waals surface area contributed by atoms with Gasteiger partial charge in [-0.1, -0.05) is 32.4 Å². The Balaban J connectivity index is 1.65. The first kappa shape index (κ1) is 16.1. The summed E-state index contributed by atoms with van der Waals surface area (Å²) < 4.78 is 0. The van der Waals surface area contributed by atoms with Crippen LogP contribution in [0.2, 0.25) is 0 Å². The summed E-state index contributed by atoms with van der Waals surface area (Å²) in [4.78, 5) is 0. The molecule has 8 atom stereocenters. The van der Waals surface area contributed by atoms with E-state index in [1.807, 2.05) is 0 Å². The highest BCUT2D eigenvalue weighted by atomic mass is 16.3. The Morgan fingerprint density at radius 1 is 1.04 bits per heavy atom. The largest absolute Gasteiger partial charge is 0.393 e. The van der Waals surface area contributed by atoms with Gasteiger partial charge in [-0.3, -0.25) is 0 Å². The Morgan fingerprint density at radius 3 is 2.57 bits per heavy atom. The normalized spacial score (nSPS) is 55.6. The highest BCUT2D eigenvalue weighted by Crippen LogP contribution is 2.66. The maximum Gasteiger partial charge on any atom is 0.0577 e. The monoisotopic (exact) mass is 318 g/mol. The molecule has 23 heavy (non-hydrogen) atoms. The summed E-state index contributed by atoms with van der Waals surface area (Å²) in [6.45, 7) is 7.25. The summed E-state index contributed by atoms with van der Waals surface area (Å²) >= 11 is 0. The Kier molecular flexibility index (Phi) is 3.74. The van der Waals surface area contributed by atoms with Crippen LogP contribution in [0.25, 0.3) is 0 Å². The number of rotatable bonds is 1. The molecule has 0 heterocycles. The van der Waals surface area contributed by atoms with Crippen LogP contribution in [0, 0.1) is 34.5 Å². The first-order chi connectivity index (χ1) is 10.9.